The molecule has 1 aromatic heterocycles. The van der Waals surface area contributed by atoms with Gasteiger partial charge in [0, 0.05) is 28.9 Å². The number of morpholine rings is 1. The number of rotatable bonds is 5. The molecule has 1 fully saturated rings. The Kier molecular flexibility index (Phi) is 5.36. The van der Waals surface area contributed by atoms with Gasteiger partial charge in [-0.3, -0.25) is 4.90 Å². The first-order chi connectivity index (χ1) is 9.15. The first-order valence-electron chi connectivity index (χ1n) is 6.94. The van der Waals surface area contributed by atoms with Gasteiger partial charge in [-0.1, -0.05) is 6.92 Å². The van der Waals surface area contributed by atoms with Gasteiger partial charge >= 0.3 is 0 Å². The number of ether oxygens (including phenoxy) is 1. The molecule has 4 nitrogen and oxygen atoms in total. The van der Waals surface area contributed by atoms with Crippen LogP contribution in [0.3, 0.4) is 0 Å². The zero-order valence-corrected chi connectivity index (χ0v) is 12.5. The molecule has 3 atom stereocenters. The smallest absolute Gasteiger partial charge is 0.0933 e. The van der Waals surface area contributed by atoms with Gasteiger partial charge in [-0.25, -0.2) is 0 Å². The molecule has 0 saturated carbocycles. The summed E-state index contributed by atoms with van der Waals surface area (Å²) in [6, 6.07) is 4.69. The predicted molar refractivity (Wildman–Crippen MR) is 78.5 cm³/mol. The average molecular weight is 284 g/mol. The van der Waals surface area contributed by atoms with Crippen LogP contribution in [-0.4, -0.2) is 48.5 Å². The van der Waals surface area contributed by atoms with Gasteiger partial charge in [0.2, 0.25) is 0 Å². The van der Waals surface area contributed by atoms with Crippen LogP contribution in [0.5, 0.6) is 0 Å². The summed E-state index contributed by atoms with van der Waals surface area (Å²) >= 11 is 1.82. The van der Waals surface area contributed by atoms with E-state index in [0.717, 1.165) is 19.5 Å². The minimum absolute atomic E-state index is 0.0774. The highest BCUT2D eigenvalue weighted by molar-refractivity contribution is 7.12. The summed E-state index contributed by atoms with van der Waals surface area (Å²) in [5.41, 5.74) is 6.34. The fourth-order valence-electron chi connectivity index (χ4n) is 2.60. The van der Waals surface area contributed by atoms with Gasteiger partial charge in [0.1, 0.15) is 0 Å². The van der Waals surface area contributed by atoms with Crippen LogP contribution in [0.1, 0.15) is 29.1 Å². The van der Waals surface area contributed by atoms with Crippen molar-refractivity contribution >= 4 is 11.3 Å². The number of aliphatic hydroxyl groups excluding tert-OH is 1. The molecule has 108 valence electrons. The van der Waals surface area contributed by atoms with E-state index in [1.54, 1.807) is 0 Å². The van der Waals surface area contributed by atoms with E-state index >= 15 is 0 Å². The van der Waals surface area contributed by atoms with Crippen molar-refractivity contribution in [3.05, 3.63) is 21.9 Å². The lowest BCUT2D eigenvalue weighted by Crippen LogP contribution is -2.50. The third-order valence-electron chi connectivity index (χ3n) is 3.70. The zero-order chi connectivity index (χ0) is 13.8. The van der Waals surface area contributed by atoms with Gasteiger partial charge in [0.25, 0.3) is 0 Å². The Bertz CT molecular complexity index is 397. The van der Waals surface area contributed by atoms with Crippen molar-refractivity contribution in [2.24, 2.45) is 5.73 Å². The summed E-state index contributed by atoms with van der Waals surface area (Å²) in [7, 11) is 0. The van der Waals surface area contributed by atoms with Crippen molar-refractivity contribution in [3.8, 4) is 0 Å². The number of aryl methyl sites for hydroxylation is 1. The first-order valence-corrected chi connectivity index (χ1v) is 7.75. The van der Waals surface area contributed by atoms with Gasteiger partial charge < -0.3 is 15.6 Å². The first kappa shape index (κ1) is 14.9. The fraction of sp³-hybridized carbons (Fsp3) is 0.714. The number of nitrogens with two attached hydrogens (primary N) is 1. The van der Waals surface area contributed by atoms with E-state index in [4.69, 9.17) is 10.5 Å². The fourth-order valence-corrected chi connectivity index (χ4v) is 3.69. The lowest BCUT2D eigenvalue weighted by molar-refractivity contribution is -0.0678. The van der Waals surface area contributed by atoms with Crippen molar-refractivity contribution in [3.63, 3.8) is 0 Å². The second-order valence-corrected chi connectivity index (χ2v) is 6.46. The van der Waals surface area contributed by atoms with Crippen LogP contribution in [0.25, 0.3) is 0 Å². The molecule has 0 amide bonds. The van der Waals surface area contributed by atoms with Crippen LogP contribution in [0.15, 0.2) is 12.1 Å². The van der Waals surface area contributed by atoms with E-state index in [1.165, 1.54) is 9.75 Å². The van der Waals surface area contributed by atoms with E-state index in [1.807, 2.05) is 11.3 Å². The molecule has 2 rings (SSSR count). The Morgan fingerprint density at radius 3 is 2.95 bits per heavy atom. The molecular formula is C14H24N2O2S. The van der Waals surface area contributed by atoms with E-state index in [-0.39, 0.29) is 24.8 Å². The Morgan fingerprint density at radius 2 is 2.37 bits per heavy atom. The van der Waals surface area contributed by atoms with Crippen molar-refractivity contribution in [2.75, 3.05) is 26.3 Å². The Labute approximate surface area is 119 Å². The van der Waals surface area contributed by atoms with Crippen molar-refractivity contribution in [1.29, 1.82) is 0 Å². The van der Waals surface area contributed by atoms with Crippen molar-refractivity contribution in [2.45, 2.75) is 38.5 Å². The summed E-state index contributed by atoms with van der Waals surface area (Å²) in [5.74, 6) is 0. The SMILES string of the molecule is CCC(N)C(c1ccc(C)s1)N1CCOC(CO)C1. The van der Waals surface area contributed by atoms with Gasteiger partial charge in [-0.15, -0.1) is 11.3 Å². The van der Waals surface area contributed by atoms with Crippen LogP contribution in [0.4, 0.5) is 0 Å². The standard InChI is InChI=1S/C14H24N2O2S/c1-3-12(15)14(13-5-4-10(2)19-13)16-6-7-18-11(8-16)9-17/h4-5,11-12,14,17H,3,6-9,15H2,1-2H3. The van der Waals surface area contributed by atoms with E-state index in [0.29, 0.717) is 6.61 Å². The van der Waals surface area contributed by atoms with Crippen molar-refractivity contribution in [1.82, 2.24) is 4.90 Å². The van der Waals surface area contributed by atoms with Gasteiger partial charge in [-0.05, 0) is 25.5 Å². The Morgan fingerprint density at radius 1 is 1.58 bits per heavy atom. The Balaban J connectivity index is 2.17. The number of aliphatic hydroxyl groups is 1. The molecule has 5 heteroatoms. The highest BCUT2D eigenvalue weighted by atomic mass is 32.1. The summed E-state index contributed by atoms with van der Waals surface area (Å²) in [6.45, 7) is 6.63. The second kappa shape index (κ2) is 6.81. The quantitative estimate of drug-likeness (QED) is 0.861. The lowest BCUT2D eigenvalue weighted by atomic mass is 10.0. The summed E-state index contributed by atoms with van der Waals surface area (Å²) in [5, 5.41) is 9.28. The average Bonchev–Trinajstić information content (AvgIpc) is 2.85. The number of hydrogen-bond acceptors (Lipinski definition) is 5. The number of thiophene rings is 1. The molecule has 0 aromatic carbocycles. The highest BCUT2D eigenvalue weighted by Crippen LogP contribution is 2.31. The molecular weight excluding hydrogens is 260 g/mol. The summed E-state index contributed by atoms with van der Waals surface area (Å²) < 4.78 is 5.53. The minimum atomic E-state index is -0.0821. The third kappa shape index (κ3) is 3.55. The largest absolute Gasteiger partial charge is 0.394 e. The monoisotopic (exact) mass is 284 g/mol. The van der Waals surface area contributed by atoms with Crippen molar-refractivity contribution < 1.29 is 9.84 Å². The van der Waals surface area contributed by atoms with E-state index in [9.17, 15) is 5.11 Å². The molecule has 19 heavy (non-hydrogen) atoms. The third-order valence-corrected chi connectivity index (χ3v) is 4.77. The molecule has 1 aromatic rings. The maximum Gasteiger partial charge on any atom is 0.0933 e. The molecule has 0 spiro atoms. The van der Waals surface area contributed by atoms with Gasteiger partial charge in [-0.2, -0.15) is 0 Å². The normalized spacial score (nSPS) is 24.3. The predicted octanol–water partition coefficient (Wildman–Crippen LogP) is 1.53. The second-order valence-electron chi connectivity index (χ2n) is 5.14. The molecule has 0 radical (unpaired) electrons. The van der Waals surface area contributed by atoms with E-state index < -0.39 is 0 Å². The maximum atomic E-state index is 9.28. The molecule has 1 aliphatic heterocycles. The zero-order valence-electron chi connectivity index (χ0n) is 11.7. The molecule has 3 N–H and O–H groups in total. The Hall–Kier alpha value is -0.460. The molecule has 0 aliphatic carbocycles. The van der Waals surface area contributed by atoms with Crippen LogP contribution >= 0.6 is 11.3 Å². The number of nitrogens with zero attached hydrogens (tertiary/aromatic N) is 1. The molecule has 1 saturated heterocycles. The summed E-state index contributed by atoms with van der Waals surface area (Å²) in [4.78, 5) is 5.00. The van der Waals surface area contributed by atoms with Crippen LogP contribution in [-0.2, 0) is 4.74 Å². The lowest BCUT2D eigenvalue weighted by Gasteiger charge is -2.39. The topological polar surface area (TPSA) is 58.7 Å². The van der Waals surface area contributed by atoms with Crippen LogP contribution < -0.4 is 5.73 Å². The van der Waals surface area contributed by atoms with Crippen LogP contribution in [0, 0.1) is 6.92 Å². The highest BCUT2D eigenvalue weighted by Gasteiger charge is 2.31. The molecule has 2 heterocycles. The maximum absolute atomic E-state index is 9.28. The minimum Gasteiger partial charge on any atom is -0.394 e. The van der Waals surface area contributed by atoms with E-state index in [2.05, 4.69) is 30.9 Å². The molecule has 0 bridgehead atoms. The molecule has 1 aliphatic rings. The van der Waals surface area contributed by atoms with Gasteiger partial charge in [0.05, 0.1) is 25.4 Å². The van der Waals surface area contributed by atoms with Crippen LogP contribution in [0.2, 0.25) is 0 Å². The number of hydrogen-bond donors (Lipinski definition) is 2. The van der Waals surface area contributed by atoms with Gasteiger partial charge in [0.15, 0.2) is 0 Å². The molecule has 3 unspecified atom stereocenters. The summed E-state index contributed by atoms with van der Waals surface area (Å²) in [6.07, 6.45) is 0.865.